The zero-order valence-electron chi connectivity index (χ0n) is 12.7. The number of hydrogen-bond donors (Lipinski definition) is 1. The van der Waals surface area contributed by atoms with E-state index in [1.807, 2.05) is 0 Å². The predicted octanol–water partition coefficient (Wildman–Crippen LogP) is 2.99. The highest BCUT2D eigenvalue weighted by Gasteiger charge is 2.40. The second-order valence-electron chi connectivity index (χ2n) is 7.00. The Morgan fingerprint density at radius 1 is 1.35 bits per heavy atom. The summed E-state index contributed by atoms with van der Waals surface area (Å²) < 4.78 is 0. The summed E-state index contributed by atoms with van der Waals surface area (Å²) in [7, 11) is 4.40. The monoisotopic (exact) mass is 240 g/mol. The molecule has 0 bridgehead atoms. The van der Waals surface area contributed by atoms with Crippen molar-refractivity contribution in [3.8, 4) is 0 Å². The van der Waals surface area contributed by atoms with E-state index in [0.29, 0.717) is 11.5 Å². The van der Waals surface area contributed by atoms with E-state index < -0.39 is 0 Å². The molecule has 1 aliphatic carbocycles. The summed E-state index contributed by atoms with van der Waals surface area (Å²) in [4.78, 5) is 2.52. The van der Waals surface area contributed by atoms with Crippen LogP contribution in [0.1, 0.15) is 47.0 Å². The Labute approximate surface area is 108 Å². The van der Waals surface area contributed by atoms with Crippen LogP contribution in [-0.2, 0) is 0 Å². The molecule has 2 heteroatoms. The third kappa shape index (κ3) is 4.26. The van der Waals surface area contributed by atoms with Crippen molar-refractivity contribution in [2.45, 2.75) is 53.0 Å². The van der Waals surface area contributed by atoms with Crippen molar-refractivity contribution in [2.24, 2.45) is 17.3 Å². The summed E-state index contributed by atoms with van der Waals surface area (Å²) >= 11 is 0. The van der Waals surface area contributed by atoms with Crippen LogP contribution in [0, 0.1) is 17.3 Å². The van der Waals surface area contributed by atoms with E-state index in [1.54, 1.807) is 0 Å². The van der Waals surface area contributed by atoms with Crippen molar-refractivity contribution < 1.29 is 0 Å². The van der Waals surface area contributed by atoms with E-state index in [-0.39, 0.29) is 0 Å². The van der Waals surface area contributed by atoms with E-state index in [4.69, 9.17) is 0 Å². The zero-order chi connectivity index (χ0) is 13.1. The van der Waals surface area contributed by atoms with Crippen LogP contribution in [0.2, 0.25) is 0 Å². The largest absolute Gasteiger partial charge is 0.316 e. The van der Waals surface area contributed by atoms with Crippen molar-refractivity contribution in [1.29, 1.82) is 0 Å². The molecule has 0 spiro atoms. The summed E-state index contributed by atoms with van der Waals surface area (Å²) in [6, 6.07) is 0.684. The van der Waals surface area contributed by atoms with Crippen molar-refractivity contribution in [2.75, 3.05) is 27.2 Å². The molecular weight excluding hydrogens is 208 g/mol. The van der Waals surface area contributed by atoms with Crippen LogP contribution in [0.25, 0.3) is 0 Å². The molecule has 2 nitrogen and oxygen atoms in total. The third-order valence-corrected chi connectivity index (χ3v) is 4.42. The molecule has 2 unspecified atom stereocenters. The van der Waals surface area contributed by atoms with Crippen LogP contribution >= 0.6 is 0 Å². The Morgan fingerprint density at radius 2 is 2.00 bits per heavy atom. The first-order chi connectivity index (χ1) is 7.86. The van der Waals surface area contributed by atoms with Gasteiger partial charge in [0.05, 0.1) is 0 Å². The smallest absolute Gasteiger partial charge is 0.0156 e. The van der Waals surface area contributed by atoms with Crippen LogP contribution in [-0.4, -0.2) is 38.1 Å². The fourth-order valence-corrected chi connectivity index (χ4v) is 3.31. The van der Waals surface area contributed by atoms with Gasteiger partial charge in [0.15, 0.2) is 0 Å². The lowest BCUT2D eigenvalue weighted by molar-refractivity contribution is 0.206. The lowest BCUT2D eigenvalue weighted by Gasteiger charge is -2.32. The van der Waals surface area contributed by atoms with Gasteiger partial charge in [-0.3, -0.25) is 0 Å². The van der Waals surface area contributed by atoms with Crippen LogP contribution in [0.15, 0.2) is 0 Å². The molecule has 0 amide bonds. The molecule has 0 heterocycles. The van der Waals surface area contributed by atoms with E-state index in [9.17, 15) is 0 Å². The first-order valence-electron chi connectivity index (χ1n) is 7.22. The summed E-state index contributed by atoms with van der Waals surface area (Å²) in [5.41, 5.74) is 0.471. The molecule has 1 aliphatic rings. The van der Waals surface area contributed by atoms with Gasteiger partial charge >= 0.3 is 0 Å². The first-order valence-corrected chi connectivity index (χ1v) is 7.22. The quantitative estimate of drug-likeness (QED) is 0.768. The molecule has 0 saturated heterocycles. The first kappa shape index (κ1) is 15.0. The Morgan fingerprint density at radius 3 is 2.53 bits per heavy atom. The number of hydrogen-bond acceptors (Lipinski definition) is 2. The van der Waals surface area contributed by atoms with E-state index in [1.165, 1.54) is 32.4 Å². The SMILES string of the molecule is CNC1C(CN(C)CCC(C)C)CCC1(C)C. The van der Waals surface area contributed by atoms with Gasteiger partial charge in [0, 0.05) is 12.6 Å². The summed E-state index contributed by atoms with van der Waals surface area (Å²) in [6.07, 6.45) is 4.06. The second kappa shape index (κ2) is 6.19. The number of nitrogens with one attached hydrogen (secondary N) is 1. The molecule has 0 aromatic carbocycles. The third-order valence-electron chi connectivity index (χ3n) is 4.42. The molecule has 1 saturated carbocycles. The van der Waals surface area contributed by atoms with Crippen molar-refractivity contribution >= 4 is 0 Å². The van der Waals surface area contributed by atoms with Gasteiger partial charge in [0.2, 0.25) is 0 Å². The number of rotatable bonds is 6. The maximum atomic E-state index is 3.55. The Bertz CT molecular complexity index is 223. The minimum atomic E-state index is 0.471. The molecule has 0 aromatic rings. The highest BCUT2D eigenvalue weighted by Crippen LogP contribution is 2.41. The lowest BCUT2D eigenvalue weighted by Crippen LogP contribution is -2.43. The minimum absolute atomic E-state index is 0.471. The van der Waals surface area contributed by atoms with Gasteiger partial charge in [0.25, 0.3) is 0 Å². The van der Waals surface area contributed by atoms with Gasteiger partial charge in [-0.25, -0.2) is 0 Å². The Hall–Kier alpha value is -0.0800. The maximum Gasteiger partial charge on any atom is 0.0156 e. The van der Waals surface area contributed by atoms with E-state index in [0.717, 1.165) is 11.8 Å². The van der Waals surface area contributed by atoms with Gasteiger partial charge in [-0.05, 0) is 57.2 Å². The highest BCUT2D eigenvalue weighted by atomic mass is 15.1. The summed E-state index contributed by atoms with van der Waals surface area (Å²) in [5, 5.41) is 3.55. The maximum absolute atomic E-state index is 3.55. The molecule has 102 valence electrons. The zero-order valence-corrected chi connectivity index (χ0v) is 12.7. The topological polar surface area (TPSA) is 15.3 Å². The normalized spacial score (nSPS) is 28.2. The van der Waals surface area contributed by atoms with Crippen molar-refractivity contribution in [3.63, 3.8) is 0 Å². The van der Waals surface area contributed by atoms with Gasteiger partial charge in [-0.1, -0.05) is 27.7 Å². The van der Waals surface area contributed by atoms with Crippen LogP contribution in [0.4, 0.5) is 0 Å². The molecule has 0 aliphatic heterocycles. The molecular formula is C15H32N2. The molecule has 17 heavy (non-hydrogen) atoms. The Kier molecular flexibility index (Phi) is 5.46. The highest BCUT2D eigenvalue weighted by molar-refractivity contribution is 4.96. The van der Waals surface area contributed by atoms with Gasteiger partial charge in [-0.2, -0.15) is 0 Å². The minimum Gasteiger partial charge on any atom is -0.316 e. The fourth-order valence-electron chi connectivity index (χ4n) is 3.31. The van der Waals surface area contributed by atoms with Crippen molar-refractivity contribution in [1.82, 2.24) is 10.2 Å². The van der Waals surface area contributed by atoms with Gasteiger partial charge < -0.3 is 10.2 Å². The summed E-state index contributed by atoms with van der Waals surface area (Å²) in [6.45, 7) is 11.9. The standard InChI is InChI=1S/C15H32N2/c1-12(2)8-10-17(6)11-13-7-9-15(3,4)14(13)16-5/h12-14,16H,7-11H2,1-6H3. The average molecular weight is 240 g/mol. The van der Waals surface area contributed by atoms with Gasteiger partial charge in [-0.15, -0.1) is 0 Å². The van der Waals surface area contributed by atoms with Crippen molar-refractivity contribution in [3.05, 3.63) is 0 Å². The molecule has 0 radical (unpaired) electrons. The molecule has 1 N–H and O–H groups in total. The van der Waals surface area contributed by atoms with Crippen LogP contribution < -0.4 is 5.32 Å². The van der Waals surface area contributed by atoms with E-state index in [2.05, 4.69) is 52.0 Å². The molecule has 0 aromatic heterocycles. The van der Waals surface area contributed by atoms with E-state index >= 15 is 0 Å². The predicted molar refractivity (Wildman–Crippen MR) is 76.3 cm³/mol. The molecule has 2 atom stereocenters. The summed E-state index contributed by atoms with van der Waals surface area (Å²) in [5.74, 6) is 1.64. The molecule has 1 fully saturated rings. The average Bonchev–Trinajstić information content (AvgIpc) is 2.50. The van der Waals surface area contributed by atoms with Crippen LogP contribution in [0.5, 0.6) is 0 Å². The van der Waals surface area contributed by atoms with Crippen LogP contribution in [0.3, 0.4) is 0 Å². The number of nitrogens with zero attached hydrogens (tertiary/aromatic N) is 1. The Balaban J connectivity index is 2.41. The second-order valence-corrected chi connectivity index (χ2v) is 7.00. The molecule has 1 rings (SSSR count). The fraction of sp³-hybridized carbons (Fsp3) is 1.00. The van der Waals surface area contributed by atoms with Gasteiger partial charge in [0.1, 0.15) is 0 Å². The lowest BCUT2D eigenvalue weighted by atomic mass is 9.85.